The molecule has 1 aromatic heterocycles. The highest BCUT2D eigenvalue weighted by Crippen LogP contribution is 2.26. The molecule has 258 valence electrons. The van der Waals surface area contributed by atoms with Gasteiger partial charge in [-0.25, -0.2) is 4.98 Å². The molecule has 0 aliphatic rings. The summed E-state index contributed by atoms with van der Waals surface area (Å²) in [4.78, 5) is 57.6. The SMILES string of the molecule is CC(C)(C)NC(=O)c1ccccc1C[C@@H](O)[C@H](CSc1ccc2ccccc2c1)NC(=O)[C@H](CC(N)=O)NC(=O)c1ccc2ccccc2n1. The lowest BCUT2D eigenvalue weighted by molar-refractivity contribution is -0.127. The maximum atomic E-state index is 13.8. The number of carbonyl (C=O) groups is 4. The molecule has 4 amide bonds. The van der Waals surface area contributed by atoms with Gasteiger partial charge < -0.3 is 26.8 Å². The second-order valence-electron chi connectivity index (χ2n) is 13.2. The molecule has 0 saturated carbocycles. The van der Waals surface area contributed by atoms with E-state index in [-0.39, 0.29) is 23.8 Å². The Bertz CT molecular complexity index is 2030. The summed E-state index contributed by atoms with van der Waals surface area (Å²) in [5.74, 6) is -2.18. The van der Waals surface area contributed by atoms with Crippen molar-refractivity contribution in [1.82, 2.24) is 20.9 Å². The summed E-state index contributed by atoms with van der Waals surface area (Å²) in [5.41, 5.74) is 6.71. The molecule has 3 atom stereocenters. The number of nitrogens with one attached hydrogen (secondary N) is 3. The first-order chi connectivity index (χ1) is 23.9. The number of nitrogens with zero attached hydrogens (tertiary/aromatic N) is 1. The van der Waals surface area contributed by atoms with E-state index in [2.05, 4.69) is 20.9 Å². The molecule has 10 nitrogen and oxygen atoms in total. The van der Waals surface area contributed by atoms with Crippen molar-refractivity contribution in [2.75, 3.05) is 5.75 Å². The lowest BCUT2D eigenvalue weighted by Gasteiger charge is -2.27. The number of carbonyl (C=O) groups excluding carboxylic acids is 4. The summed E-state index contributed by atoms with van der Waals surface area (Å²) < 4.78 is 0. The Morgan fingerprint density at radius 2 is 1.46 bits per heavy atom. The van der Waals surface area contributed by atoms with Crippen LogP contribution in [0.2, 0.25) is 0 Å². The summed E-state index contributed by atoms with van der Waals surface area (Å²) in [6.45, 7) is 5.65. The zero-order chi connectivity index (χ0) is 35.8. The fraction of sp³-hybridized carbons (Fsp3) is 0.256. The number of fused-ring (bicyclic) bond motifs is 2. The van der Waals surface area contributed by atoms with Crippen LogP contribution < -0.4 is 21.7 Å². The molecule has 0 fully saturated rings. The maximum absolute atomic E-state index is 13.8. The summed E-state index contributed by atoms with van der Waals surface area (Å²) in [6.07, 6.45) is -1.57. The molecule has 0 unspecified atom stereocenters. The van der Waals surface area contributed by atoms with E-state index < -0.39 is 47.9 Å². The van der Waals surface area contributed by atoms with Gasteiger partial charge in [0.25, 0.3) is 11.8 Å². The largest absolute Gasteiger partial charge is 0.391 e. The predicted octanol–water partition coefficient (Wildman–Crippen LogP) is 4.77. The molecule has 4 aromatic carbocycles. The van der Waals surface area contributed by atoms with Crippen LogP contribution in [-0.4, -0.2) is 63.2 Å². The third-order valence-electron chi connectivity index (χ3n) is 7.98. The van der Waals surface area contributed by atoms with Crippen LogP contribution in [0.25, 0.3) is 21.7 Å². The Hall–Kier alpha value is -5.26. The third kappa shape index (κ3) is 9.67. The third-order valence-corrected chi connectivity index (χ3v) is 9.09. The van der Waals surface area contributed by atoms with Crippen molar-refractivity contribution in [3.63, 3.8) is 0 Å². The number of benzene rings is 4. The highest BCUT2D eigenvalue weighted by atomic mass is 32.2. The number of hydrogen-bond donors (Lipinski definition) is 5. The lowest BCUT2D eigenvalue weighted by Crippen LogP contribution is -2.54. The van der Waals surface area contributed by atoms with Crippen LogP contribution in [0.1, 0.15) is 53.6 Å². The number of rotatable bonds is 13. The molecular formula is C39H41N5O5S. The van der Waals surface area contributed by atoms with Gasteiger partial charge in [0.05, 0.1) is 24.1 Å². The number of hydrogen-bond acceptors (Lipinski definition) is 7. The standard InChI is InChI=1S/C39H41N5O5S/c1-39(2,3)44-36(47)29-14-8-6-13-27(29)21-34(45)33(23-50-28-18-16-24-10-4-5-12-26(24)20-28)43-38(49)32(22-35(40)46)42-37(48)31-19-17-25-11-7-9-15-30(25)41-31/h4-20,32-34,45H,21-23H2,1-3H3,(H2,40,46)(H,42,48)(H,43,49)(H,44,47)/t32-,33-,34+/m0/s1. The van der Waals surface area contributed by atoms with Crippen LogP contribution in [0.5, 0.6) is 0 Å². The van der Waals surface area contributed by atoms with E-state index >= 15 is 0 Å². The minimum atomic E-state index is -1.33. The van der Waals surface area contributed by atoms with Gasteiger partial charge in [-0.05, 0) is 67.4 Å². The summed E-state index contributed by atoms with van der Waals surface area (Å²) in [5, 5.41) is 23.1. The quantitative estimate of drug-likeness (QED) is 0.111. The summed E-state index contributed by atoms with van der Waals surface area (Å²) >= 11 is 1.44. The van der Waals surface area contributed by atoms with Crippen molar-refractivity contribution in [2.45, 2.75) is 62.2 Å². The average Bonchev–Trinajstić information content (AvgIpc) is 3.08. The first-order valence-corrected chi connectivity index (χ1v) is 17.3. The Kier molecular flexibility index (Phi) is 11.5. The summed E-state index contributed by atoms with van der Waals surface area (Å²) in [7, 11) is 0. The van der Waals surface area contributed by atoms with Crippen LogP contribution in [0.3, 0.4) is 0 Å². The van der Waals surface area contributed by atoms with Crippen molar-refractivity contribution in [3.05, 3.63) is 120 Å². The monoisotopic (exact) mass is 691 g/mol. The van der Waals surface area contributed by atoms with Gasteiger partial charge >= 0.3 is 0 Å². The first-order valence-electron chi connectivity index (χ1n) is 16.3. The molecule has 0 aliphatic carbocycles. The molecule has 11 heteroatoms. The minimum Gasteiger partial charge on any atom is -0.391 e. The number of aliphatic hydroxyl groups is 1. The molecular weight excluding hydrogens is 651 g/mol. The van der Waals surface area contributed by atoms with E-state index in [1.54, 1.807) is 42.5 Å². The van der Waals surface area contributed by atoms with E-state index in [0.29, 0.717) is 16.6 Å². The average molecular weight is 692 g/mol. The molecule has 0 bridgehead atoms. The number of amides is 4. The molecule has 50 heavy (non-hydrogen) atoms. The van der Waals surface area contributed by atoms with Gasteiger partial charge in [-0.3, -0.25) is 19.2 Å². The van der Waals surface area contributed by atoms with Crippen molar-refractivity contribution in [2.24, 2.45) is 5.73 Å². The number of aromatic nitrogens is 1. The topological polar surface area (TPSA) is 164 Å². The molecule has 0 radical (unpaired) electrons. The smallest absolute Gasteiger partial charge is 0.270 e. The van der Waals surface area contributed by atoms with Gasteiger partial charge in [0.15, 0.2) is 0 Å². The highest BCUT2D eigenvalue weighted by Gasteiger charge is 2.30. The predicted molar refractivity (Wildman–Crippen MR) is 197 cm³/mol. The van der Waals surface area contributed by atoms with Crippen molar-refractivity contribution in [1.29, 1.82) is 0 Å². The van der Waals surface area contributed by atoms with E-state index in [4.69, 9.17) is 5.73 Å². The van der Waals surface area contributed by atoms with Gasteiger partial charge in [-0.2, -0.15) is 0 Å². The Balaban J connectivity index is 1.38. The number of pyridine rings is 1. The van der Waals surface area contributed by atoms with E-state index in [1.807, 2.05) is 75.4 Å². The molecule has 0 saturated heterocycles. The number of aliphatic hydroxyl groups excluding tert-OH is 1. The first kappa shape index (κ1) is 36.0. The van der Waals surface area contributed by atoms with Gasteiger partial charge in [-0.15, -0.1) is 11.8 Å². The number of nitrogens with two attached hydrogens (primary N) is 1. The van der Waals surface area contributed by atoms with Crippen molar-refractivity contribution < 1.29 is 24.3 Å². The Morgan fingerprint density at radius 1 is 0.800 bits per heavy atom. The van der Waals surface area contributed by atoms with Gasteiger partial charge in [0, 0.05) is 33.6 Å². The minimum absolute atomic E-state index is 0.0464. The number of para-hydroxylation sites is 1. The number of primary amides is 1. The van der Waals surface area contributed by atoms with E-state index in [9.17, 15) is 24.3 Å². The van der Waals surface area contributed by atoms with Gasteiger partial charge in [0.2, 0.25) is 11.8 Å². The molecule has 5 rings (SSSR count). The van der Waals surface area contributed by atoms with Crippen molar-refractivity contribution >= 4 is 57.1 Å². The molecule has 5 aromatic rings. The zero-order valence-electron chi connectivity index (χ0n) is 28.2. The van der Waals surface area contributed by atoms with Crippen molar-refractivity contribution in [3.8, 4) is 0 Å². The Labute approximate surface area is 295 Å². The fourth-order valence-corrected chi connectivity index (χ4v) is 6.56. The second kappa shape index (κ2) is 16.0. The van der Waals surface area contributed by atoms with Crippen LogP contribution in [0, 0.1) is 0 Å². The highest BCUT2D eigenvalue weighted by molar-refractivity contribution is 7.99. The van der Waals surface area contributed by atoms with E-state index in [1.165, 1.54) is 17.8 Å². The number of thioether (sulfide) groups is 1. The normalized spacial score (nSPS) is 13.3. The summed E-state index contributed by atoms with van der Waals surface area (Å²) in [6, 6.07) is 29.3. The fourth-order valence-electron chi connectivity index (χ4n) is 5.51. The molecule has 1 heterocycles. The molecule has 0 aliphatic heterocycles. The van der Waals surface area contributed by atoms with Crippen LogP contribution in [0.4, 0.5) is 0 Å². The molecule has 6 N–H and O–H groups in total. The van der Waals surface area contributed by atoms with Gasteiger partial charge in [-0.1, -0.05) is 72.8 Å². The van der Waals surface area contributed by atoms with Crippen LogP contribution in [0.15, 0.2) is 108 Å². The van der Waals surface area contributed by atoms with Gasteiger partial charge in [0.1, 0.15) is 11.7 Å². The zero-order valence-corrected chi connectivity index (χ0v) is 29.0. The Morgan fingerprint density at radius 3 is 2.20 bits per heavy atom. The van der Waals surface area contributed by atoms with Crippen LogP contribution in [-0.2, 0) is 16.0 Å². The molecule has 0 spiro atoms. The second-order valence-corrected chi connectivity index (χ2v) is 14.2. The maximum Gasteiger partial charge on any atom is 0.270 e. The van der Waals surface area contributed by atoms with Crippen LogP contribution >= 0.6 is 11.8 Å². The van der Waals surface area contributed by atoms with E-state index in [0.717, 1.165) is 21.1 Å². The lowest BCUT2D eigenvalue weighted by atomic mass is 9.97.